The summed E-state index contributed by atoms with van der Waals surface area (Å²) in [7, 11) is 0. The molecule has 0 unspecified atom stereocenters. The van der Waals surface area contributed by atoms with Crippen molar-refractivity contribution in [3.8, 4) is 28.5 Å². The van der Waals surface area contributed by atoms with Crippen LogP contribution in [0, 0.1) is 0 Å². The molecule has 0 aliphatic rings. The summed E-state index contributed by atoms with van der Waals surface area (Å²) in [5.74, 6) is 1.21. The van der Waals surface area contributed by atoms with Crippen LogP contribution in [0.5, 0.6) is 17.2 Å². The van der Waals surface area contributed by atoms with E-state index in [0.29, 0.717) is 48.3 Å². The predicted octanol–water partition coefficient (Wildman–Crippen LogP) is 5.45. The number of nitrogens with one attached hydrogen (secondary N) is 1. The van der Waals surface area contributed by atoms with E-state index in [1.54, 1.807) is 12.1 Å². The van der Waals surface area contributed by atoms with Crippen molar-refractivity contribution in [1.82, 2.24) is 9.38 Å². The van der Waals surface area contributed by atoms with Crippen LogP contribution in [0.4, 0.5) is 5.69 Å². The summed E-state index contributed by atoms with van der Waals surface area (Å²) in [6.07, 6.45) is 3.94. The first kappa shape index (κ1) is 22.2. The fourth-order valence-corrected chi connectivity index (χ4v) is 3.52. The molecular formula is C26H27N3O4. The third-order valence-corrected chi connectivity index (χ3v) is 4.97. The second-order valence-corrected chi connectivity index (χ2v) is 7.22. The van der Waals surface area contributed by atoms with Crippen LogP contribution in [-0.2, 0) is 0 Å². The van der Waals surface area contributed by atoms with Gasteiger partial charge in [0.25, 0.3) is 5.91 Å². The van der Waals surface area contributed by atoms with Crippen LogP contribution >= 0.6 is 0 Å². The summed E-state index contributed by atoms with van der Waals surface area (Å²) in [6, 6.07) is 16.8. The Hall–Kier alpha value is -4.00. The molecule has 0 aliphatic carbocycles. The van der Waals surface area contributed by atoms with Crippen LogP contribution in [0.25, 0.3) is 16.9 Å². The first-order valence-corrected chi connectivity index (χ1v) is 11.0. The van der Waals surface area contributed by atoms with Gasteiger partial charge in [0.05, 0.1) is 25.5 Å². The Bertz CT molecular complexity index is 1190. The lowest BCUT2D eigenvalue weighted by molar-refractivity contribution is 0.102. The third-order valence-electron chi connectivity index (χ3n) is 4.97. The topological polar surface area (TPSA) is 74.1 Å². The number of imidazole rings is 1. The van der Waals surface area contributed by atoms with E-state index in [2.05, 4.69) is 10.3 Å². The predicted molar refractivity (Wildman–Crippen MR) is 129 cm³/mol. The van der Waals surface area contributed by atoms with E-state index < -0.39 is 0 Å². The van der Waals surface area contributed by atoms with E-state index in [0.717, 1.165) is 16.9 Å². The van der Waals surface area contributed by atoms with Gasteiger partial charge in [-0.15, -0.1) is 0 Å². The van der Waals surface area contributed by atoms with E-state index in [9.17, 15) is 4.79 Å². The van der Waals surface area contributed by atoms with Gasteiger partial charge in [-0.1, -0.05) is 18.2 Å². The smallest absolute Gasteiger partial charge is 0.255 e. The first-order valence-electron chi connectivity index (χ1n) is 11.0. The summed E-state index contributed by atoms with van der Waals surface area (Å²) in [4.78, 5) is 17.6. The molecule has 0 saturated heterocycles. The Labute approximate surface area is 192 Å². The zero-order valence-corrected chi connectivity index (χ0v) is 19.0. The molecule has 7 heteroatoms. The van der Waals surface area contributed by atoms with Crippen LogP contribution in [0.3, 0.4) is 0 Å². The first-order chi connectivity index (χ1) is 16.1. The van der Waals surface area contributed by atoms with Crippen molar-refractivity contribution >= 4 is 17.2 Å². The number of carbonyl (C=O) groups is 1. The van der Waals surface area contributed by atoms with Gasteiger partial charge in [-0.2, -0.15) is 0 Å². The van der Waals surface area contributed by atoms with Crippen LogP contribution in [0.15, 0.2) is 67.0 Å². The largest absolute Gasteiger partial charge is 0.490 e. The number of hydrogen-bond donors (Lipinski definition) is 1. The number of amides is 1. The number of fused-ring (bicyclic) bond motifs is 1. The van der Waals surface area contributed by atoms with E-state index in [1.165, 1.54) is 0 Å². The SMILES string of the molecule is CCOc1cc(C(=O)Nc2ccc(-c3cn4ccccc4n3)cc2)cc(OCC)c1OCC. The molecule has 0 saturated carbocycles. The van der Waals surface area contributed by atoms with Crippen LogP contribution in [0.1, 0.15) is 31.1 Å². The molecule has 0 radical (unpaired) electrons. The highest BCUT2D eigenvalue weighted by atomic mass is 16.5. The Balaban J connectivity index is 1.56. The zero-order valence-electron chi connectivity index (χ0n) is 19.0. The molecule has 1 amide bonds. The molecule has 4 aromatic rings. The van der Waals surface area contributed by atoms with Crippen molar-refractivity contribution in [3.05, 3.63) is 72.6 Å². The Morgan fingerprint density at radius 2 is 1.58 bits per heavy atom. The number of aromatic nitrogens is 2. The molecule has 170 valence electrons. The molecule has 7 nitrogen and oxygen atoms in total. The quantitative estimate of drug-likeness (QED) is 0.371. The summed E-state index contributed by atoms with van der Waals surface area (Å²) < 4.78 is 19.1. The molecule has 0 atom stereocenters. The number of hydrogen-bond acceptors (Lipinski definition) is 5. The van der Waals surface area contributed by atoms with Gasteiger partial charge < -0.3 is 23.9 Å². The standard InChI is InChI=1S/C26H27N3O4/c1-4-31-22-15-19(16-23(32-5-2)25(22)33-6-3)26(30)27-20-12-10-18(11-13-20)21-17-29-14-8-7-9-24(29)28-21/h7-17H,4-6H2,1-3H3,(H,27,30). The maximum Gasteiger partial charge on any atom is 0.255 e. The van der Waals surface area contributed by atoms with Crippen molar-refractivity contribution in [2.24, 2.45) is 0 Å². The van der Waals surface area contributed by atoms with Crippen LogP contribution < -0.4 is 19.5 Å². The maximum atomic E-state index is 13.0. The molecule has 2 aromatic carbocycles. The maximum absolute atomic E-state index is 13.0. The molecule has 4 rings (SSSR count). The Morgan fingerprint density at radius 3 is 2.18 bits per heavy atom. The van der Waals surface area contributed by atoms with Gasteiger partial charge in [-0.05, 0) is 57.2 Å². The van der Waals surface area contributed by atoms with Gasteiger partial charge in [-0.25, -0.2) is 4.98 Å². The molecule has 2 heterocycles. The van der Waals surface area contributed by atoms with Crippen molar-refractivity contribution in [2.75, 3.05) is 25.1 Å². The van der Waals surface area contributed by atoms with Gasteiger partial charge in [-0.3, -0.25) is 4.79 Å². The highest BCUT2D eigenvalue weighted by Gasteiger charge is 2.18. The van der Waals surface area contributed by atoms with Crippen molar-refractivity contribution in [1.29, 1.82) is 0 Å². The van der Waals surface area contributed by atoms with Gasteiger partial charge in [0.15, 0.2) is 11.5 Å². The fourth-order valence-electron chi connectivity index (χ4n) is 3.52. The average molecular weight is 446 g/mol. The fraction of sp³-hybridized carbons (Fsp3) is 0.231. The van der Waals surface area contributed by atoms with E-state index >= 15 is 0 Å². The third kappa shape index (κ3) is 4.92. The molecular weight excluding hydrogens is 418 g/mol. The summed E-state index contributed by atoms with van der Waals surface area (Å²) in [5.41, 5.74) is 3.83. The summed E-state index contributed by atoms with van der Waals surface area (Å²) in [6.45, 7) is 7.01. The highest BCUT2D eigenvalue weighted by molar-refractivity contribution is 6.05. The van der Waals surface area contributed by atoms with Gasteiger partial charge in [0, 0.05) is 29.2 Å². The van der Waals surface area contributed by atoms with Crippen molar-refractivity contribution in [2.45, 2.75) is 20.8 Å². The van der Waals surface area contributed by atoms with Gasteiger partial charge in [0.1, 0.15) is 5.65 Å². The Morgan fingerprint density at radius 1 is 0.909 bits per heavy atom. The molecule has 0 aliphatic heterocycles. The average Bonchev–Trinajstić information content (AvgIpc) is 3.26. The van der Waals surface area contributed by atoms with Crippen molar-refractivity contribution < 1.29 is 19.0 Å². The second kappa shape index (κ2) is 10.1. The number of pyridine rings is 1. The molecule has 1 N–H and O–H groups in total. The highest BCUT2D eigenvalue weighted by Crippen LogP contribution is 2.39. The van der Waals surface area contributed by atoms with Crippen molar-refractivity contribution in [3.63, 3.8) is 0 Å². The van der Waals surface area contributed by atoms with Gasteiger partial charge >= 0.3 is 0 Å². The number of carbonyl (C=O) groups excluding carboxylic acids is 1. The lowest BCUT2D eigenvalue weighted by Gasteiger charge is -2.17. The molecule has 0 spiro atoms. The van der Waals surface area contributed by atoms with Crippen LogP contribution in [-0.4, -0.2) is 35.1 Å². The Kier molecular flexibility index (Phi) is 6.78. The minimum Gasteiger partial charge on any atom is -0.490 e. The zero-order chi connectivity index (χ0) is 23.2. The van der Waals surface area contributed by atoms with E-state index in [4.69, 9.17) is 14.2 Å². The monoisotopic (exact) mass is 445 g/mol. The summed E-state index contributed by atoms with van der Waals surface area (Å²) in [5, 5.41) is 2.94. The van der Waals surface area contributed by atoms with E-state index in [-0.39, 0.29) is 5.91 Å². The number of ether oxygens (including phenoxy) is 3. The number of anilines is 1. The van der Waals surface area contributed by atoms with Gasteiger partial charge in [0.2, 0.25) is 5.75 Å². The molecule has 2 aromatic heterocycles. The lowest BCUT2D eigenvalue weighted by atomic mass is 10.1. The second-order valence-electron chi connectivity index (χ2n) is 7.22. The molecule has 33 heavy (non-hydrogen) atoms. The normalized spacial score (nSPS) is 10.8. The number of nitrogens with zero attached hydrogens (tertiary/aromatic N) is 2. The minimum absolute atomic E-state index is 0.263. The number of rotatable bonds is 9. The van der Waals surface area contributed by atoms with E-state index in [1.807, 2.05) is 80.0 Å². The van der Waals surface area contributed by atoms with Crippen LogP contribution in [0.2, 0.25) is 0 Å². The lowest BCUT2D eigenvalue weighted by Crippen LogP contribution is -2.13. The molecule has 0 fully saturated rings. The molecule has 0 bridgehead atoms. The minimum atomic E-state index is -0.263. The summed E-state index contributed by atoms with van der Waals surface area (Å²) >= 11 is 0. The number of benzene rings is 2.